The molecule has 0 saturated heterocycles. The van der Waals surface area contributed by atoms with Gasteiger partial charge in [-0.1, -0.05) is 12.1 Å². The van der Waals surface area contributed by atoms with Gasteiger partial charge in [0.25, 0.3) is 0 Å². The molecule has 0 unspecified atom stereocenters. The Balaban J connectivity index is 2.11. The monoisotopic (exact) mass is 354 g/mol. The number of methoxy groups -OCH3 is 1. The minimum atomic E-state index is -0.413. The molecule has 26 heavy (non-hydrogen) atoms. The molecule has 0 aliphatic rings. The largest absolute Gasteiger partial charge is 0.507 e. The number of ether oxygens (including phenoxy) is 1. The van der Waals surface area contributed by atoms with Crippen LogP contribution in [0.25, 0.3) is 22.1 Å². The second-order valence-corrected chi connectivity index (χ2v) is 6.29. The van der Waals surface area contributed by atoms with Gasteiger partial charge in [0.15, 0.2) is 5.58 Å². The van der Waals surface area contributed by atoms with Crippen LogP contribution >= 0.6 is 0 Å². The van der Waals surface area contributed by atoms with Crippen molar-refractivity contribution in [1.82, 2.24) is 0 Å². The first-order valence-electron chi connectivity index (χ1n) is 8.84. The normalized spacial score (nSPS) is 11.2. The number of rotatable bonds is 6. The number of hydrogen-bond acceptors (Lipinski definition) is 4. The summed E-state index contributed by atoms with van der Waals surface area (Å²) in [7, 11) is 1.60. The molecule has 0 saturated carbocycles. The SMILES string of the molecule is CC[NH+](CC)Cc1c(O)ccc2cc(-c3ccc(OC)cc3)c(=O)oc12. The van der Waals surface area contributed by atoms with Crippen LogP contribution in [0.15, 0.2) is 51.7 Å². The Labute approximate surface area is 152 Å². The summed E-state index contributed by atoms with van der Waals surface area (Å²) in [6, 6.07) is 12.6. The minimum Gasteiger partial charge on any atom is -0.507 e. The van der Waals surface area contributed by atoms with Gasteiger partial charge in [-0.15, -0.1) is 0 Å². The Hall–Kier alpha value is -2.79. The van der Waals surface area contributed by atoms with Crippen LogP contribution in [0.2, 0.25) is 0 Å². The van der Waals surface area contributed by atoms with Gasteiger partial charge in [0, 0.05) is 5.39 Å². The highest BCUT2D eigenvalue weighted by molar-refractivity contribution is 5.85. The molecule has 2 N–H and O–H groups in total. The number of quaternary nitrogens is 1. The molecule has 3 aromatic rings. The van der Waals surface area contributed by atoms with Crippen LogP contribution in [-0.2, 0) is 6.54 Å². The lowest BCUT2D eigenvalue weighted by Crippen LogP contribution is -3.10. The summed E-state index contributed by atoms with van der Waals surface area (Å²) >= 11 is 0. The van der Waals surface area contributed by atoms with E-state index in [0.29, 0.717) is 23.3 Å². The van der Waals surface area contributed by atoms with E-state index in [1.165, 1.54) is 4.90 Å². The fraction of sp³-hybridized carbons (Fsp3) is 0.286. The van der Waals surface area contributed by atoms with E-state index in [9.17, 15) is 9.90 Å². The Bertz CT molecular complexity index is 956. The second-order valence-electron chi connectivity index (χ2n) is 6.29. The van der Waals surface area contributed by atoms with E-state index in [1.807, 2.05) is 30.3 Å². The van der Waals surface area contributed by atoms with Crippen molar-refractivity contribution in [1.29, 1.82) is 0 Å². The first-order chi connectivity index (χ1) is 12.6. The maximum absolute atomic E-state index is 12.6. The lowest BCUT2D eigenvalue weighted by atomic mass is 10.0. The molecule has 0 atom stereocenters. The summed E-state index contributed by atoms with van der Waals surface area (Å²) < 4.78 is 10.8. The topological polar surface area (TPSA) is 64.1 Å². The van der Waals surface area contributed by atoms with Crippen molar-refractivity contribution >= 4 is 11.0 Å². The van der Waals surface area contributed by atoms with E-state index >= 15 is 0 Å². The fourth-order valence-electron chi connectivity index (χ4n) is 3.12. The van der Waals surface area contributed by atoms with Crippen molar-refractivity contribution < 1.29 is 19.2 Å². The number of fused-ring (bicyclic) bond motifs is 1. The van der Waals surface area contributed by atoms with E-state index in [2.05, 4.69) is 13.8 Å². The number of nitrogens with one attached hydrogen (secondary N) is 1. The van der Waals surface area contributed by atoms with Gasteiger partial charge in [-0.2, -0.15) is 0 Å². The average molecular weight is 354 g/mol. The number of aromatic hydroxyl groups is 1. The maximum atomic E-state index is 12.6. The minimum absolute atomic E-state index is 0.164. The molecule has 2 aromatic carbocycles. The van der Waals surface area contributed by atoms with Gasteiger partial charge in [0.2, 0.25) is 0 Å². The summed E-state index contributed by atoms with van der Waals surface area (Å²) in [6.07, 6.45) is 0. The summed E-state index contributed by atoms with van der Waals surface area (Å²) in [4.78, 5) is 13.9. The first-order valence-corrected chi connectivity index (χ1v) is 8.84. The lowest BCUT2D eigenvalue weighted by molar-refractivity contribution is -0.910. The van der Waals surface area contributed by atoms with E-state index in [0.717, 1.165) is 29.8 Å². The van der Waals surface area contributed by atoms with Gasteiger partial charge in [0.1, 0.15) is 18.0 Å². The summed E-state index contributed by atoms with van der Waals surface area (Å²) in [5.41, 5.74) is 1.99. The van der Waals surface area contributed by atoms with Crippen molar-refractivity contribution in [3.63, 3.8) is 0 Å². The van der Waals surface area contributed by atoms with Gasteiger partial charge < -0.3 is 19.2 Å². The molecular formula is C21H24NO4+. The Morgan fingerprint density at radius 2 is 1.77 bits per heavy atom. The molecule has 0 amide bonds. The van der Waals surface area contributed by atoms with Crippen LogP contribution in [0.1, 0.15) is 19.4 Å². The third kappa shape index (κ3) is 3.44. The Morgan fingerprint density at radius 3 is 2.38 bits per heavy atom. The van der Waals surface area contributed by atoms with Crippen molar-refractivity contribution in [2.24, 2.45) is 0 Å². The van der Waals surface area contributed by atoms with Crippen LogP contribution in [-0.4, -0.2) is 25.3 Å². The highest BCUT2D eigenvalue weighted by Crippen LogP contribution is 2.29. The smallest absolute Gasteiger partial charge is 0.344 e. The van der Waals surface area contributed by atoms with Crippen molar-refractivity contribution in [2.75, 3.05) is 20.2 Å². The predicted octanol–water partition coefficient (Wildman–Crippen LogP) is 2.60. The molecule has 0 bridgehead atoms. The summed E-state index contributed by atoms with van der Waals surface area (Å²) in [5, 5.41) is 11.1. The summed E-state index contributed by atoms with van der Waals surface area (Å²) in [6.45, 7) is 6.67. The van der Waals surface area contributed by atoms with Gasteiger partial charge in [-0.05, 0) is 49.7 Å². The van der Waals surface area contributed by atoms with Crippen LogP contribution < -0.4 is 15.3 Å². The zero-order valence-corrected chi connectivity index (χ0v) is 15.3. The zero-order valence-electron chi connectivity index (χ0n) is 15.3. The number of phenols is 1. The molecule has 0 radical (unpaired) electrons. The maximum Gasteiger partial charge on any atom is 0.344 e. The van der Waals surface area contributed by atoms with Crippen LogP contribution in [0.5, 0.6) is 11.5 Å². The highest BCUT2D eigenvalue weighted by Gasteiger charge is 2.17. The quantitative estimate of drug-likeness (QED) is 0.668. The highest BCUT2D eigenvalue weighted by atomic mass is 16.5. The van der Waals surface area contributed by atoms with Gasteiger partial charge in [-0.25, -0.2) is 4.79 Å². The fourth-order valence-corrected chi connectivity index (χ4v) is 3.12. The molecule has 1 heterocycles. The molecule has 1 aromatic heterocycles. The third-order valence-corrected chi connectivity index (χ3v) is 4.81. The molecule has 5 heteroatoms. The lowest BCUT2D eigenvalue weighted by Gasteiger charge is -2.17. The zero-order chi connectivity index (χ0) is 18.7. The number of hydrogen-bond donors (Lipinski definition) is 2. The van der Waals surface area contributed by atoms with E-state index in [-0.39, 0.29) is 5.75 Å². The van der Waals surface area contributed by atoms with Crippen LogP contribution in [0.3, 0.4) is 0 Å². The van der Waals surface area contributed by atoms with Crippen molar-refractivity contribution in [2.45, 2.75) is 20.4 Å². The van der Waals surface area contributed by atoms with E-state index in [4.69, 9.17) is 9.15 Å². The Kier molecular flexibility index (Phi) is 5.28. The van der Waals surface area contributed by atoms with E-state index < -0.39 is 5.63 Å². The van der Waals surface area contributed by atoms with Crippen LogP contribution in [0.4, 0.5) is 0 Å². The van der Waals surface area contributed by atoms with Gasteiger partial charge >= 0.3 is 5.63 Å². The molecule has 0 aliphatic carbocycles. The Morgan fingerprint density at radius 1 is 1.08 bits per heavy atom. The third-order valence-electron chi connectivity index (χ3n) is 4.81. The molecule has 136 valence electrons. The van der Waals surface area contributed by atoms with Gasteiger partial charge in [0.05, 0.1) is 31.3 Å². The van der Waals surface area contributed by atoms with Crippen molar-refractivity contribution in [3.8, 4) is 22.6 Å². The molecule has 0 aliphatic heterocycles. The van der Waals surface area contributed by atoms with Gasteiger partial charge in [-0.3, -0.25) is 0 Å². The van der Waals surface area contributed by atoms with E-state index in [1.54, 1.807) is 19.2 Å². The number of phenolic OH excluding ortho intramolecular Hbond substituents is 1. The molecule has 5 nitrogen and oxygen atoms in total. The average Bonchev–Trinajstić information content (AvgIpc) is 2.67. The molecule has 0 spiro atoms. The molecular weight excluding hydrogens is 330 g/mol. The standard InChI is InChI=1S/C21H23NO4/c1-4-22(5-2)13-18-19(23)11-8-15-12-17(21(24)26-20(15)18)14-6-9-16(25-3)10-7-14/h6-12,23H,4-5,13H2,1-3H3/p+1. The number of benzene rings is 2. The molecule has 0 fully saturated rings. The molecule has 3 rings (SSSR count). The summed E-state index contributed by atoms with van der Waals surface area (Å²) in [5.74, 6) is 0.894. The first kappa shape index (κ1) is 18.0. The van der Waals surface area contributed by atoms with Crippen LogP contribution in [0, 0.1) is 0 Å². The predicted molar refractivity (Wildman–Crippen MR) is 102 cm³/mol. The second kappa shape index (κ2) is 7.62. The van der Waals surface area contributed by atoms with Crippen molar-refractivity contribution in [3.05, 3.63) is 58.4 Å².